The highest BCUT2D eigenvalue weighted by Gasteiger charge is 2.13. The van der Waals surface area contributed by atoms with Crippen molar-refractivity contribution in [3.05, 3.63) is 42.0 Å². The molecule has 0 amide bonds. The molecule has 16 heavy (non-hydrogen) atoms. The van der Waals surface area contributed by atoms with Crippen LogP contribution in [0.15, 0.2) is 36.4 Å². The van der Waals surface area contributed by atoms with Gasteiger partial charge in [0.15, 0.2) is 0 Å². The Bertz CT molecular complexity index is 397. The summed E-state index contributed by atoms with van der Waals surface area (Å²) >= 11 is 0. The van der Waals surface area contributed by atoms with Crippen molar-refractivity contribution in [1.29, 1.82) is 0 Å². The third-order valence-electron chi connectivity index (χ3n) is 2.06. The first-order chi connectivity index (χ1) is 7.52. The molecule has 0 saturated heterocycles. The number of hydrogen-bond acceptors (Lipinski definition) is 3. The average Bonchev–Trinajstić information content (AvgIpc) is 2.25. The number of nitrogens with zero attached hydrogens (tertiary/aromatic N) is 1. The summed E-state index contributed by atoms with van der Waals surface area (Å²) in [5.41, 5.74) is 2.26. The van der Waals surface area contributed by atoms with Crippen molar-refractivity contribution < 1.29 is 9.53 Å². The zero-order valence-electron chi connectivity index (χ0n) is 9.99. The first kappa shape index (κ1) is 12.3. The van der Waals surface area contributed by atoms with Gasteiger partial charge in [0.25, 0.3) is 0 Å². The summed E-state index contributed by atoms with van der Waals surface area (Å²) in [4.78, 5) is 13.7. The minimum atomic E-state index is -0.313. The van der Waals surface area contributed by atoms with Gasteiger partial charge in [-0.25, -0.2) is 4.79 Å². The standard InChI is InChI=1S/C13H17NO2/c1-10(2)9-16-13(15)11-7-5-6-8-12(11)14(3)4/h5-8H,1,9H2,2-4H3. The Balaban J connectivity index is 2.86. The third kappa shape index (κ3) is 3.12. The van der Waals surface area contributed by atoms with Crippen molar-refractivity contribution in [2.75, 3.05) is 25.6 Å². The van der Waals surface area contributed by atoms with E-state index in [0.717, 1.165) is 11.3 Å². The summed E-state index contributed by atoms with van der Waals surface area (Å²) in [7, 11) is 3.79. The lowest BCUT2D eigenvalue weighted by molar-refractivity contribution is 0.0541. The van der Waals surface area contributed by atoms with Crippen molar-refractivity contribution in [2.45, 2.75) is 6.92 Å². The van der Waals surface area contributed by atoms with E-state index in [1.165, 1.54) is 0 Å². The molecular formula is C13H17NO2. The van der Waals surface area contributed by atoms with E-state index in [9.17, 15) is 4.79 Å². The lowest BCUT2D eigenvalue weighted by Gasteiger charge is -2.16. The highest BCUT2D eigenvalue weighted by molar-refractivity contribution is 5.95. The van der Waals surface area contributed by atoms with Gasteiger partial charge in [0.2, 0.25) is 0 Å². The summed E-state index contributed by atoms with van der Waals surface area (Å²) in [6, 6.07) is 7.36. The van der Waals surface area contributed by atoms with Crippen LogP contribution in [0.4, 0.5) is 5.69 Å². The molecule has 0 unspecified atom stereocenters. The summed E-state index contributed by atoms with van der Waals surface area (Å²) in [6.07, 6.45) is 0. The molecule has 1 rings (SSSR count). The van der Waals surface area contributed by atoms with Crippen LogP contribution in [-0.4, -0.2) is 26.7 Å². The maximum Gasteiger partial charge on any atom is 0.340 e. The summed E-state index contributed by atoms with van der Waals surface area (Å²) in [5, 5.41) is 0. The number of hydrogen-bond donors (Lipinski definition) is 0. The van der Waals surface area contributed by atoms with E-state index in [1.807, 2.05) is 44.1 Å². The van der Waals surface area contributed by atoms with E-state index in [0.29, 0.717) is 5.56 Å². The fourth-order valence-electron chi connectivity index (χ4n) is 1.30. The second-order valence-electron chi connectivity index (χ2n) is 3.94. The fraction of sp³-hybridized carbons (Fsp3) is 0.308. The second kappa shape index (κ2) is 5.35. The van der Waals surface area contributed by atoms with Crippen molar-refractivity contribution >= 4 is 11.7 Å². The van der Waals surface area contributed by atoms with Crippen LogP contribution in [0.25, 0.3) is 0 Å². The highest BCUT2D eigenvalue weighted by atomic mass is 16.5. The Labute approximate surface area is 96.3 Å². The normalized spacial score (nSPS) is 9.69. The Morgan fingerprint density at radius 2 is 2.00 bits per heavy atom. The highest BCUT2D eigenvalue weighted by Crippen LogP contribution is 2.18. The van der Waals surface area contributed by atoms with E-state index in [-0.39, 0.29) is 12.6 Å². The molecule has 1 aromatic carbocycles. The maximum atomic E-state index is 11.8. The Kier molecular flexibility index (Phi) is 4.11. The molecule has 0 atom stereocenters. The first-order valence-corrected chi connectivity index (χ1v) is 5.10. The van der Waals surface area contributed by atoms with Gasteiger partial charge in [0.1, 0.15) is 6.61 Å². The zero-order chi connectivity index (χ0) is 12.1. The summed E-state index contributed by atoms with van der Waals surface area (Å²) in [6.45, 7) is 5.78. The third-order valence-corrected chi connectivity index (χ3v) is 2.06. The summed E-state index contributed by atoms with van der Waals surface area (Å²) in [5.74, 6) is -0.313. The fourth-order valence-corrected chi connectivity index (χ4v) is 1.30. The molecule has 0 N–H and O–H groups in total. The van der Waals surface area contributed by atoms with Crippen LogP contribution in [0.3, 0.4) is 0 Å². The number of anilines is 1. The molecule has 1 aromatic rings. The molecule has 0 aliphatic heterocycles. The Morgan fingerprint density at radius 3 is 2.56 bits per heavy atom. The molecular weight excluding hydrogens is 202 g/mol. The van der Waals surface area contributed by atoms with Gasteiger partial charge in [-0.2, -0.15) is 0 Å². The van der Waals surface area contributed by atoms with E-state index in [4.69, 9.17) is 4.74 Å². The number of ether oxygens (including phenoxy) is 1. The van der Waals surface area contributed by atoms with Gasteiger partial charge in [-0.15, -0.1) is 0 Å². The molecule has 0 heterocycles. The van der Waals surface area contributed by atoms with E-state index in [2.05, 4.69) is 6.58 Å². The van der Waals surface area contributed by atoms with Gasteiger partial charge in [-0.05, 0) is 24.6 Å². The number of para-hydroxylation sites is 1. The van der Waals surface area contributed by atoms with Gasteiger partial charge in [-0.1, -0.05) is 18.7 Å². The molecule has 3 heteroatoms. The lowest BCUT2D eigenvalue weighted by Crippen LogP contribution is -2.15. The Hall–Kier alpha value is -1.77. The quantitative estimate of drug-likeness (QED) is 0.575. The predicted molar refractivity (Wildman–Crippen MR) is 65.9 cm³/mol. The molecule has 0 spiro atoms. The van der Waals surface area contributed by atoms with Crippen LogP contribution in [0, 0.1) is 0 Å². The number of benzene rings is 1. The molecule has 0 aliphatic rings. The largest absolute Gasteiger partial charge is 0.458 e. The first-order valence-electron chi connectivity index (χ1n) is 5.10. The van der Waals surface area contributed by atoms with Gasteiger partial charge in [0, 0.05) is 14.1 Å². The van der Waals surface area contributed by atoms with Crippen molar-refractivity contribution in [2.24, 2.45) is 0 Å². The minimum absolute atomic E-state index is 0.264. The maximum absolute atomic E-state index is 11.8. The lowest BCUT2D eigenvalue weighted by atomic mass is 10.1. The van der Waals surface area contributed by atoms with Crippen LogP contribution in [0.2, 0.25) is 0 Å². The number of rotatable bonds is 4. The minimum Gasteiger partial charge on any atom is -0.458 e. The molecule has 3 nitrogen and oxygen atoms in total. The zero-order valence-corrected chi connectivity index (χ0v) is 9.99. The average molecular weight is 219 g/mol. The van der Waals surface area contributed by atoms with Crippen molar-refractivity contribution in [3.63, 3.8) is 0 Å². The molecule has 0 saturated carbocycles. The van der Waals surface area contributed by atoms with Crippen molar-refractivity contribution in [3.8, 4) is 0 Å². The summed E-state index contributed by atoms with van der Waals surface area (Å²) < 4.78 is 5.12. The molecule has 86 valence electrons. The van der Waals surface area contributed by atoms with Crippen molar-refractivity contribution in [1.82, 2.24) is 0 Å². The van der Waals surface area contributed by atoms with Crippen LogP contribution in [0.5, 0.6) is 0 Å². The number of carbonyl (C=O) groups excluding carboxylic acids is 1. The molecule has 0 aromatic heterocycles. The monoisotopic (exact) mass is 219 g/mol. The van der Waals surface area contributed by atoms with Crippen LogP contribution in [-0.2, 0) is 4.74 Å². The van der Waals surface area contributed by atoms with E-state index >= 15 is 0 Å². The van der Waals surface area contributed by atoms with Gasteiger partial charge >= 0.3 is 5.97 Å². The molecule has 0 aliphatic carbocycles. The topological polar surface area (TPSA) is 29.5 Å². The number of carbonyl (C=O) groups is 1. The second-order valence-corrected chi connectivity index (χ2v) is 3.94. The van der Waals surface area contributed by atoms with Crippen LogP contribution in [0.1, 0.15) is 17.3 Å². The Morgan fingerprint density at radius 1 is 1.38 bits per heavy atom. The van der Waals surface area contributed by atoms with Gasteiger partial charge in [-0.3, -0.25) is 0 Å². The van der Waals surface area contributed by atoms with Gasteiger partial charge in [0.05, 0.1) is 11.3 Å². The molecule has 0 bridgehead atoms. The van der Waals surface area contributed by atoms with Crippen LogP contribution >= 0.6 is 0 Å². The number of esters is 1. The van der Waals surface area contributed by atoms with E-state index < -0.39 is 0 Å². The van der Waals surface area contributed by atoms with Gasteiger partial charge < -0.3 is 9.64 Å². The predicted octanol–water partition coefficient (Wildman–Crippen LogP) is 2.49. The molecule has 0 radical (unpaired) electrons. The van der Waals surface area contributed by atoms with Crippen LogP contribution < -0.4 is 4.90 Å². The molecule has 0 fully saturated rings. The van der Waals surface area contributed by atoms with E-state index in [1.54, 1.807) is 6.07 Å². The smallest absolute Gasteiger partial charge is 0.340 e. The SMILES string of the molecule is C=C(C)COC(=O)c1ccccc1N(C)C.